The molecule has 0 saturated heterocycles. The van der Waals surface area contributed by atoms with E-state index in [4.69, 9.17) is 4.74 Å². The van der Waals surface area contributed by atoms with E-state index in [9.17, 15) is 4.79 Å². The normalized spacial score (nSPS) is 15.8. The Morgan fingerprint density at radius 2 is 1.42 bits per heavy atom. The summed E-state index contributed by atoms with van der Waals surface area (Å²) in [4.78, 5) is 11.6. The van der Waals surface area contributed by atoms with Crippen molar-refractivity contribution in [2.24, 2.45) is 5.92 Å². The van der Waals surface area contributed by atoms with E-state index in [1.165, 1.54) is 53.4 Å². The van der Waals surface area contributed by atoms with Gasteiger partial charge in [0.2, 0.25) is 0 Å². The minimum Gasteiger partial charge on any atom is -0.469 e. The van der Waals surface area contributed by atoms with Gasteiger partial charge in [0, 0.05) is 0 Å². The summed E-state index contributed by atoms with van der Waals surface area (Å²) >= 11 is 0. The van der Waals surface area contributed by atoms with Crippen molar-refractivity contribution in [3.05, 3.63) is 70.4 Å². The molecule has 1 atom stereocenters. The van der Waals surface area contributed by atoms with E-state index in [1.54, 1.807) is 0 Å². The lowest BCUT2D eigenvalue weighted by Gasteiger charge is -2.20. The molecule has 0 aliphatic heterocycles. The zero-order valence-electron chi connectivity index (χ0n) is 25.0. The predicted molar refractivity (Wildman–Crippen MR) is 160 cm³/mol. The highest BCUT2D eigenvalue weighted by molar-refractivity contribution is 5.72. The van der Waals surface area contributed by atoms with Crippen LogP contribution in [0.3, 0.4) is 0 Å². The maximum atomic E-state index is 11.6. The van der Waals surface area contributed by atoms with Gasteiger partial charge in [-0.3, -0.25) is 4.79 Å². The summed E-state index contributed by atoms with van der Waals surface area (Å²) in [6, 6.07) is 0. The van der Waals surface area contributed by atoms with Crippen molar-refractivity contribution in [2.45, 2.75) is 126 Å². The molecular formula is C34H56O2. The highest BCUT2D eigenvalue weighted by Gasteiger charge is 2.22. The number of esters is 1. The summed E-state index contributed by atoms with van der Waals surface area (Å²) in [7, 11) is 1.49. The zero-order chi connectivity index (χ0) is 27.3. The van der Waals surface area contributed by atoms with Crippen LogP contribution < -0.4 is 0 Å². The number of hydrogen-bond donors (Lipinski definition) is 0. The molecule has 0 aromatic rings. The Hall–Kier alpha value is -2.09. The van der Waals surface area contributed by atoms with Gasteiger partial charge in [0.05, 0.1) is 13.0 Å². The third-order valence-corrected chi connectivity index (χ3v) is 6.62. The summed E-state index contributed by atoms with van der Waals surface area (Å²) < 4.78 is 4.86. The van der Waals surface area contributed by atoms with Crippen molar-refractivity contribution in [3.8, 4) is 0 Å². The van der Waals surface area contributed by atoms with Gasteiger partial charge in [-0.2, -0.15) is 0 Å². The molecule has 1 unspecified atom stereocenters. The molecule has 0 radical (unpaired) electrons. The monoisotopic (exact) mass is 496 g/mol. The highest BCUT2D eigenvalue weighted by Crippen LogP contribution is 2.28. The van der Waals surface area contributed by atoms with Crippen molar-refractivity contribution in [1.82, 2.24) is 0 Å². The first-order valence-electron chi connectivity index (χ1n) is 14.1. The molecule has 0 fully saturated rings. The lowest BCUT2D eigenvalue weighted by molar-refractivity contribution is -0.145. The second kappa shape index (κ2) is 21.0. The number of carbonyl (C=O) groups excluding carboxylic acids is 1. The minimum absolute atomic E-state index is 0.0472. The molecule has 0 heterocycles. The molecule has 2 nitrogen and oxygen atoms in total. The fourth-order valence-electron chi connectivity index (χ4n) is 4.15. The Morgan fingerprint density at radius 1 is 0.889 bits per heavy atom. The van der Waals surface area contributed by atoms with Gasteiger partial charge in [-0.05, 0) is 119 Å². The molecule has 0 aromatic heterocycles. The van der Waals surface area contributed by atoms with Gasteiger partial charge in [-0.25, -0.2) is 0 Å². The van der Waals surface area contributed by atoms with Crippen LogP contribution in [0.1, 0.15) is 126 Å². The molecule has 0 spiro atoms. The Bertz CT molecular complexity index is 793. The van der Waals surface area contributed by atoms with Crippen LogP contribution in [0.4, 0.5) is 0 Å². The van der Waals surface area contributed by atoms with E-state index in [0.29, 0.717) is 0 Å². The number of hydrogen-bond acceptors (Lipinski definition) is 2. The van der Waals surface area contributed by atoms with Crippen LogP contribution >= 0.6 is 0 Å². The molecule has 2 heteroatoms. The van der Waals surface area contributed by atoms with E-state index in [2.05, 4.69) is 85.4 Å². The summed E-state index contributed by atoms with van der Waals surface area (Å²) in [6.07, 6.45) is 24.7. The van der Waals surface area contributed by atoms with Crippen LogP contribution in [-0.4, -0.2) is 13.1 Å². The largest absolute Gasteiger partial charge is 0.469 e. The maximum absolute atomic E-state index is 11.6. The topological polar surface area (TPSA) is 26.3 Å². The molecule has 204 valence electrons. The highest BCUT2D eigenvalue weighted by atomic mass is 16.5. The van der Waals surface area contributed by atoms with E-state index >= 15 is 0 Å². The molecule has 1 aliphatic carbocycles. The summed E-state index contributed by atoms with van der Waals surface area (Å²) in [5.41, 5.74) is 8.57. The van der Waals surface area contributed by atoms with Crippen LogP contribution in [0.15, 0.2) is 70.4 Å². The van der Waals surface area contributed by atoms with Gasteiger partial charge in [0.1, 0.15) is 0 Å². The molecule has 1 aliphatic rings. The first-order valence-corrected chi connectivity index (χ1v) is 14.1. The lowest BCUT2D eigenvalue weighted by atomic mass is 9.87. The second-order valence-corrected chi connectivity index (χ2v) is 10.8. The number of carbonyl (C=O) groups is 1. The molecular weight excluding hydrogens is 440 g/mol. The van der Waals surface area contributed by atoms with E-state index in [0.717, 1.165) is 64.2 Å². The standard InChI is InChI=1S/C19H30O2.C15H26/c1-15(2)8-5-9-16(3)10-6-11-17-12-7-13-18(14-17)19(20)21-4;1-6-14(4)10-8-12-15(5)11-7-9-13(2)3/h8,10,12,18H,5-7,9,11,13-14H2,1-4H3;9,12H,4,6-8,10-11H2,1-3,5H3/b16-10+;15-12+. The predicted octanol–water partition coefficient (Wildman–Crippen LogP) is 10.8. The lowest BCUT2D eigenvalue weighted by Crippen LogP contribution is -2.19. The average molecular weight is 497 g/mol. The van der Waals surface area contributed by atoms with Crippen molar-refractivity contribution in [2.75, 3.05) is 7.11 Å². The second-order valence-electron chi connectivity index (χ2n) is 10.8. The van der Waals surface area contributed by atoms with Gasteiger partial charge >= 0.3 is 5.97 Å². The third-order valence-electron chi connectivity index (χ3n) is 6.62. The zero-order valence-corrected chi connectivity index (χ0v) is 25.0. The quantitative estimate of drug-likeness (QED) is 0.176. The Morgan fingerprint density at radius 3 is 1.92 bits per heavy atom. The van der Waals surface area contributed by atoms with Crippen LogP contribution in [0, 0.1) is 5.92 Å². The smallest absolute Gasteiger partial charge is 0.308 e. The fourth-order valence-corrected chi connectivity index (χ4v) is 4.15. The SMILES string of the molecule is C=C(CC)CC/C=C(\C)CCC=C(C)C.COC(=O)C1CCC=C(CC/C=C(\C)CCC=C(C)C)C1. The number of rotatable bonds is 14. The first-order chi connectivity index (χ1) is 17.1. The van der Waals surface area contributed by atoms with Crippen molar-refractivity contribution >= 4 is 5.97 Å². The summed E-state index contributed by atoms with van der Waals surface area (Å²) in [5, 5.41) is 0. The first kappa shape index (κ1) is 33.9. The molecule has 0 amide bonds. The minimum atomic E-state index is -0.0472. The van der Waals surface area contributed by atoms with Gasteiger partial charge < -0.3 is 4.74 Å². The molecule has 1 rings (SSSR count). The Labute approximate surface area is 224 Å². The number of methoxy groups -OCH3 is 1. The van der Waals surface area contributed by atoms with E-state index in [1.807, 2.05) is 0 Å². The van der Waals surface area contributed by atoms with Gasteiger partial charge in [0.15, 0.2) is 0 Å². The molecule has 0 aromatic carbocycles. The fraction of sp³-hybridized carbons (Fsp3) is 0.618. The summed E-state index contributed by atoms with van der Waals surface area (Å²) in [5.74, 6) is 0.0341. The van der Waals surface area contributed by atoms with Gasteiger partial charge in [0.25, 0.3) is 0 Å². The van der Waals surface area contributed by atoms with E-state index < -0.39 is 0 Å². The van der Waals surface area contributed by atoms with Crippen molar-refractivity contribution in [1.29, 1.82) is 0 Å². The summed E-state index contributed by atoms with van der Waals surface area (Å²) in [6.45, 7) is 19.2. The molecule has 0 saturated carbocycles. The molecule has 36 heavy (non-hydrogen) atoms. The van der Waals surface area contributed by atoms with Crippen LogP contribution in [0.5, 0.6) is 0 Å². The van der Waals surface area contributed by atoms with Gasteiger partial charge in [-0.15, -0.1) is 0 Å². The average Bonchev–Trinajstić information content (AvgIpc) is 2.83. The Balaban J connectivity index is 0.000000723. The number of allylic oxidation sites excluding steroid dienone is 11. The van der Waals surface area contributed by atoms with Crippen LogP contribution in [0.25, 0.3) is 0 Å². The Kier molecular flexibility index (Phi) is 19.8. The molecule has 0 bridgehead atoms. The third kappa shape index (κ3) is 19.1. The van der Waals surface area contributed by atoms with Crippen LogP contribution in [-0.2, 0) is 9.53 Å². The van der Waals surface area contributed by atoms with Gasteiger partial charge in [-0.1, -0.05) is 77.3 Å². The van der Waals surface area contributed by atoms with E-state index in [-0.39, 0.29) is 11.9 Å². The van der Waals surface area contributed by atoms with Crippen LogP contribution in [0.2, 0.25) is 0 Å². The molecule has 0 N–H and O–H groups in total. The maximum Gasteiger partial charge on any atom is 0.308 e. The van der Waals surface area contributed by atoms with Crippen molar-refractivity contribution < 1.29 is 9.53 Å². The number of ether oxygens (including phenoxy) is 1. The van der Waals surface area contributed by atoms with Crippen molar-refractivity contribution in [3.63, 3.8) is 0 Å².